The molecule has 1 N–H and O–H groups in total. The third-order valence-corrected chi connectivity index (χ3v) is 6.17. The third-order valence-electron chi connectivity index (χ3n) is 5.26. The lowest BCUT2D eigenvalue weighted by Crippen LogP contribution is -2.19. The summed E-state index contributed by atoms with van der Waals surface area (Å²) in [7, 11) is 1.46. The van der Waals surface area contributed by atoms with E-state index in [1.165, 1.54) is 25.3 Å². The van der Waals surface area contributed by atoms with Crippen molar-refractivity contribution in [2.24, 2.45) is 4.99 Å². The van der Waals surface area contributed by atoms with Crippen LogP contribution in [0.1, 0.15) is 22.3 Å². The number of carbonyl (C=O) groups is 1. The second kappa shape index (κ2) is 10.4. The Morgan fingerprint density at radius 1 is 1.09 bits per heavy atom. The zero-order valence-corrected chi connectivity index (χ0v) is 20.2. The molecule has 3 aromatic rings. The number of nitrogens with zero attached hydrogens (tertiary/aromatic N) is 2. The van der Waals surface area contributed by atoms with Crippen molar-refractivity contribution in [1.82, 2.24) is 5.32 Å². The summed E-state index contributed by atoms with van der Waals surface area (Å²) in [4.78, 5) is 28.7. The zero-order valence-electron chi connectivity index (χ0n) is 19.4. The van der Waals surface area contributed by atoms with Crippen LogP contribution in [0.25, 0.3) is 6.08 Å². The third kappa shape index (κ3) is 5.70. The van der Waals surface area contributed by atoms with Gasteiger partial charge in [0.15, 0.2) is 16.7 Å². The summed E-state index contributed by atoms with van der Waals surface area (Å²) >= 11 is 1.12. The van der Waals surface area contributed by atoms with E-state index in [9.17, 15) is 14.9 Å². The van der Waals surface area contributed by atoms with Gasteiger partial charge in [-0.3, -0.25) is 14.9 Å². The average molecular weight is 490 g/mol. The first-order valence-corrected chi connectivity index (χ1v) is 11.6. The fourth-order valence-electron chi connectivity index (χ4n) is 3.51. The number of aliphatic imine (C=N–C) groups is 1. The zero-order chi connectivity index (χ0) is 24.9. The van der Waals surface area contributed by atoms with Crippen LogP contribution in [0.5, 0.6) is 11.5 Å². The van der Waals surface area contributed by atoms with E-state index < -0.39 is 4.92 Å². The molecule has 8 nitrogen and oxygen atoms in total. The molecule has 1 fully saturated rings. The molecule has 3 aromatic carbocycles. The van der Waals surface area contributed by atoms with Gasteiger partial charge in [0.05, 0.1) is 34.3 Å². The van der Waals surface area contributed by atoms with Crippen LogP contribution in [0.4, 0.5) is 11.4 Å². The van der Waals surface area contributed by atoms with Crippen LogP contribution >= 0.6 is 11.8 Å². The van der Waals surface area contributed by atoms with Gasteiger partial charge in [-0.15, -0.1) is 0 Å². The molecule has 1 amide bonds. The first-order valence-electron chi connectivity index (χ1n) is 10.7. The Hall–Kier alpha value is -4.11. The summed E-state index contributed by atoms with van der Waals surface area (Å²) in [5.74, 6) is 0.188. The predicted octanol–water partition coefficient (Wildman–Crippen LogP) is 5.69. The van der Waals surface area contributed by atoms with Crippen LogP contribution in [-0.4, -0.2) is 23.1 Å². The highest BCUT2D eigenvalue weighted by atomic mass is 32.2. The highest BCUT2D eigenvalue weighted by molar-refractivity contribution is 8.18. The molecule has 0 bridgehead atoms. The van der Waals surface area contributed by atoms with Gasteiger partial charge in [-0.25, -0.2) is 4.99 Å². The van der Waals surface area contributed by atoms with E-state index in [0.29, 0.717) is 10.9 Å². The molecule has 0 aliphatic carbocycles. The van der Waals surface area contributed by atoms with Crippen molar-refractivity contribution in [2.45, 2.75) is 20.5 Å². The van der Waals surface area contributed by atoms with E-state index in [1.54, 1.807) is 0 Å². The number of thioether (sulfide) groups is 1. The lowest BCUT2D eigenvalue weighted by molar-refractivity contribution is -0.385. The Morgan fingerprint density at radius 3 is 2.54 bits per heavy atom. The van der Waals surface area contributed by atoms with Crippen LogP contribution in [-0.2, 0) is 11.4 Å². The van der Waals surface area contributed by atoms with Gasteiger partial charge in [0, 0.05) is 0 Å². The summed E-state index contributed by atoms with van der Waals surface area (Å²) < 4.78 is 11.2. The van der Waals surface area contributed by atoms with Crippen molar-refractivity contribution in [1.29, 1.82) is 0 Å². The van der Waals surface area contributed by atoms with E-state index in [1.807, 2.05) is 62.4 Å². The number of nitro groups is 1. The Bertz CT molecular complexity index is 1350. The van der Waals surface area contributed by atoms with Crippen LogP contribution in [0.15, 0.2) is 70.6 Å². The maximum atomic E-state index is 12.6. The monoisotopic (exact) mass is 489 g/mol. The van der Waals surface area contributed by atoms with Gasteiger partial charge in [0.25, 0.3) is 11.6 Å². The van der Waals surface area contributed by atoms with Crippen LogP contribution in [0.2, 0.25) is 0 Å². The lowest BCUT2D eigenvalue weighted by Gasteiger charge is -2.12. The first kappa shape index (κ1) is 24.0. The normalized spacial score (nSPS) is 15.3. The average Bonchev–Trinajstić information content (AvgIpc) is 3.18. The molecular weight excluding hydrogens is 466 g/mol. The molecule has 9 heteroatoms. The molecule has 0 radical (unpaired) electrons. The number of nitrogens with one attached hydrogen (secondary N) is 1. The van der Waals surface area contributed by atoms with E-state index in [4.69, 9.17) is 9.47 Å². The van der Waals surface area contributed by atoms with Crippen molar-refractivity contribution in [3.63, 3.8) is 0 Å². The van der Waals surface area contributed by atoms with Crippen molar-refractivity contribution in [3.05, 3.63) is 97.9 Å². The summed E-state index contributed by atoms with van der Waals surface area (Å²) in [5.41, 5.74) is 3.79. The molecule has 1 aliphatic heterocycles. The molecule has 0 spiro atoms. The van der Waals surface area contributed by atoms with Crippen molar-refractivity contribution in [3.8, 4) is 11.5 Å². The maximum Gasteiger partial charge on any atom is 0.280 e. The highest BCUT2D eigenvalue weighted by Crippen LogP contribution is 2.38. The largest absolute Gasteiger partial charge is 0.493 e. The lowest BCUT2D eigenvalue weighted by atomic mass is 10.1. The van der Waals surface area contributed by atoms with Gasteiger partial charge < -0.3 is 14.8 Å². The molecule has 0 atom stereocenters. The quantitative estimate of drug-likeness (QED) is 0.260. The van der Waals surface area contributed by atoms with Gasteiger partial charge in [-0.2, -0.15) is 0 Å². The fourth-order valence-corrected chi connectivity index (χ4v) is 4.33. The number of amidine groups is 1. The minimum absolute atomic E-state index is 0.200. The summed E-state index contributed by atoms with van der Waals surface area (Å²) in [6.45, 7) is 4.17. The molecule has 1 aliphatic rings. The minimum Gasteiger partial charge on any atom is -0.493 e. The van der Waals surface area contributed by atoms with Crippen LogP contribution in [0, 0.1) is 24.0 Å². The van der Waals surface area contributed by atoms with Crippen molar-refractivity contribution < 1.29 is 19.2 Å². The number of methoxy groups -OCH3 is 1. The predicted molar refractivity (Wildman–Crippen MR) is 137 cm³/mol. The molecule has 1 saturated heterocycles. The molecule has 35 heavy (non-hydrogen) atoms. The van der Waals surface area contributed by atoms with Gasteiger partial charge in [-0.05, 0) is 54.9 Å². The van der Waals surface area contributed by atoms with E-state index >= 15 is 0 Å². The maximum absolute atomic E-state index is 12.6. The van der Waals surface area contributed by atoms with Gasteiger partial charge in [0.1, 0.15) is 6.61 Å². The molecule has 0 unspecified atom stereocenters. The number of amides is 1. The molecule has 4 rings (SSSR count). The minimum atomic E-state index is -0.511. The topological polar surface area (TPSA) is 103 Å². The number of hydrogen-bond acceptors (Lipinski definition) is 7. The van der Waals surface area contributed by atoms with Crippen LogP contribution in [0.3, 0.4) is 0 Å². The van der Waals surface area contributed by atoms with Crippen LogP contribution < -0.4 is 14.8 Å². The van der Waals surface area contributed by atoms with Gasteiger partial charge in [-0.1, -0.05) is 48.0 Å². The van der Waals surface area contributed by atoms with Crippen molar-refractivity contribution in [2.75, 3.05) is 7.11 Å². The second-order valence-electron chi connectivity index (χ2n) is 7.86. The molecule has 0 saturated carbocycles. The Kier molecular flexibility index (Phi) is 7.17. The molecule has 1 heterocycles. The first-order chi connectivity index (χ1) is 16.8. The standard InChI is InChI=1S/C26H23N3O5S/c1-16-9-10-20(17(2)11-16)27-26-28-25(30)24(35-26)13-19-12-22(33-3)23(14-21(19)29(31)32)34-15-18-7-5-4-6-8-18/h4-14H,15H2,1-3H3,(H,27,28,30)/b24-13-. The summed E-state index contributed by atoms with van der Waals surface area (Å²) in [6, 6.07) is 18.1. The smallest absolute Gasteiger partial charge is 0.280 e. The number of nitro benzene ring substituents is 1. The Labute approximate surface area is 206 Å². The number of ether oxygens (including phenoxy) is 2. The summed E-state index contributed by atoms with van der Waals surface area (Å²) in [5, 5.41) is 15.0. The van der Waals surface area contributed by atoms with E-state index in [-0.39, 0.29) is 34.4 Å². The fraction of sp³-hybridized carbons (Fsp3) is 0.154. The van der Waals surface area contributed by atoms with Gasteiger partial charge >= 0.3 is 0 Å². The number of benzene rings is 3. The number of hydrogen-bond donors (Lipinski definition) is 1. The molecular formula is C26H23N3O5S. The van der Waals surface area contributed by atoms with Gasteiger partial charge in [0.2, 0.25) is 0 Å². The molecule has 0 aromatic heterocycles. The number of aryl methyl sites for hydroxylation is 2. The molecule has 178 valence electrons. The van der Waals surface area contributed by atoms with E-state index in [2.05, 4.69) is 10.3 Å². The highest BCUT2D eigenvalue weighted by Gasteiger charge is 2.26. The van der Waals surface area contributed by atoms with E-state index in [0.717, 1.165) is 34.1 Å². The SMILES string of the molecule is COc1cc(/C=C2\SC(=Nc3ccc(C)cc3C)NC2=O)c([N+](=O)[O-])cc1OCc1ccccc1. The van der Waals surface area contributed by atoms with Crippen molar-refractivity contribution >= 4 is 40.3 Å². The Balaban J connectivity index is 1.63. The number of rotatable bonds is 7. The summed E-state index contributed by atoms with van der Waals surface area (Å²) in [6.07, 6.45) is 1.46. The Morgan fingerprint density at radius 2 is 1.86 bits per heavy atom. The number of carbonyl (C=O) groups excluding carboxylic acids is 1. The second-order valence-corrected chi connectivity index (χ2v) is 8.90.